The molecule has 3 fully saturated rings. The molecule has 39 heavy (non-hydrogen) atoms. The lowest BCUT2D eigenvalue weighted by atomic mass is 10.0. The van der Waals surface area contributed by atoms with Crippen molar-refractivity contribution < 1.29 is 18.3 Å². The summed E-state index contributed by atoms with van der Waals surface area (Å²) in [5.41, 5.74) is 6.47. The summed E-state index contributed by atoms with van der Waals surface area (Å²) in [5, 5.41) is 7.11. The molecule has 0 saturated carbocycles. The molecule has 0 aliphatic carbocycles. The number of carbonyl (C=O) groups excluding carboxylic acids is 1. The Labute approximate surface area is 230 Å². The summed E-state index contributed by atoms with van der Waals surface area (Å²) in [4.78, 5) is 27.6. The van der Waals surface area contributed by atoms with Crippen LogP contribution in [0.15, 0.2) is 18.2 Å². The van der Waals surface area contributed by atoms with Gasteiger partial charge in [0.05, 0.1) is 21.2 Å². The van der Waals surface area contributed by atoms with Crippen LogP contribution in [-0.4, -0.2) is 59.2 Å². The fourth-order valence-electron chi connectivity index (χ4n) is 5.86. The molecule has 202 valence electrons. The molecule has 2 aromatic carbocycles. The van der Waals surface area contributed by atoms with E-state index in [0.29, 0.717) is 54.9 Å². The van der Waals surface area contributed by atoms with Crippen molar-refractivity contribution in [2.24, 2.45) is 5.92 Å². The Balaban J connectivity index is 1.39. The summed E-state index contributed by atoms with van der Waals surface area (Å²) < 4.78 is 37.1. The number of benzene rings is 2. The molecule has 2 aromatic heterocycles. The second-order valence-corrected chi connectivity index (χ2v) is 11.7. The number of fused-ring (bicyclic) bond motifs is 4. The van der Waals surface area contributed by atoms with Crippen LogP contribution < -0.4 is 26.0 Å². The van der Waals surface area contributed by atoms with Crippen LogP contribution in [0.1, 0.15) is 19.3 Å². The second-order valence-electron chi connectivity index (χ2n) is 10.2. The molecule has 3 aliphatic rings. The van der Waals surface area contributed by atoms with Gasteiger partial charge in [0.2, 0.25) is 5.91 Å². The first-order valence-electron chi connectivity index (χ1n) is 12.8. The largest absolute Gasteiger partial charge is 0.463 e. The van der Waals surface area contributed by atoms with Crippen molar-refractivity contribution in [3.8, 4) is 17.1 Å². The number of piperazine rings is 1. The van der Waals surface area contributed by atoms with Crippen LogP contribution in [0, 0.1) is 17.6 Å². The molecule has 3 atom stereocenters. The Morgan fingerprint density at radius 1 is 1.13 bits per heavy atom. The van der Waals surface area contributed by atoms with Gasteiger partial charge in [0, 0.05) is 48.2 Å². The first-order valence-corrected chi connectivity index (χ1v) is 14.0. The van der Waals surface area contributed by atoms with Gasteiger partial charge in [-0.3, -0.25) is 4.79 Å². The van der Waals surface area contributed by atoms with E-state index in [9.17, 15) is 9.18 Å². The maximum Gasteiger partial charge on any atom is 0.319 e. The lowest BCUT2D eigenvalue weighted by molar-refractivity contribution is -0.123. The molecular formula is C26H24ClF2N7O2S. The third-order valence-corrected chi connectivity index (χ3v) is 8.91. The van der Waals surface area contributed by atoms with Gasteiger partial charge in [-0.1, -0.05) is 22.9 Å². The number of nitrogen functional groups attached to an aromatic ring is 1. The van der Waals surface area contributed by atoms with Gasteiger partial charge >= 0.3 is 6.01 Å². The van der Waals surface area contributed by atoms with Crippen LogP contribution in [0.25, 0.3) is 32.2 Å². The monoisotopic (exact) mass is 571 g/mol. The number of hydrogen-bond donors (Lipinski definition) is 3. The highest BCUT2D eigenvalue weighted by Crippen LogP contribution is 2.43. The number of halogens is 3. The van der Waals surface area contributed by atoms with E-state index < -0.39 is 11.6 Å². The van der Waals surface area contributed by atoms with Crippen LogP contribution >= 0.6 is 22.9 Å². The molecule has 4 N–H and O–H groups in total. The third-order valence-electron chi connectivity index (χ3n) is 7.72. The van der Waals surface area contributed by atoms with Gasteiger partial charge in [-0.05, 0) is 37.5 Å². The van der Waals surface area contributed by atoms with Gasteiger partial charge in [-0.25, -0.2) is 13.8 Å². The summed E-state index contributed by atoms with van der Waals surface area (Å²) >= 11 is 7.71. The fraction of sp³-hybridized carbons (Fsp3) is 0.385. The average molecular weight is 572 g/mol. The zero-order valence-corrected chi connectivity index (χ0v) is 22.2. The van der Waals surface area contributed by atoms with Crippen molar-refractivity contribution in [2.45, 2.75) is 31.3 Å². The van der Waals surface area contributed by atoms with E-state index in [2.05, 4.69) is 30.5 Å². The number of rotatable bonds is 5. The van der Waals surface area contributed by atoms with Crippen molar-refractivity contribution in [3.05, 3.63) is 34.9 Å². The smallest absolute Gasteiger partial charge is 0.319 e. The fourth-order valence-corrected chi connectivity index (χ4v) is 6.91. The van der Waals surface area contributed by atoms with Crippen LogP contribution in [0.2, 0.25) is 5.02 Å². The third kappa shape index (κ3) is 4.21. The molecular weight excluding hydrogens is 548 g/mol. The topological polar surface area (TPSA) is 118 Å². The minimum Gasteiger partial charge on any atom is -0.463 e. The van der Waals surface area contributed by atoms with Gasteiger partial charge in [-0.15, -0.1) is 0 Å². The van der Waals surface area contributed by atoms with E-state index in [4.69, 9.17) is 22.1 Å². The highest BCUT2D eigenvalue weighted by atomic mass is 35.5. The molecule has 0 spiro atoms. The standard InChI is InChI=1S/C26H24ClF2N7O2S/c27-16-7-15-20(19(29)18(16)14-3-4-17(28)22-21(14)33-25(30)39-22)34-26(38-10-11-5-6-31-24(11)37)35-23(15)36-8-12-1-2-13(9-36)32-12/h3-4,7,11-13,32H,1-2,5-6,8-10H2,(H2,30,33)(H,31,37). The summed E-state index contributed by atoms with van der Waals surface area (Å²) in [7, 11) is 0. The van der Waals surface area contributed by atoms with Crippen molar-refractivity contribution in [1.29, 1.82) is 0 Å². The number of nitrogens with one attached hydrogen (secondary N) is 2. The maximum absolute atomic E-state index is 16.5. The Hall–Kier alpha value is -3.35. The Morgan fingerprint density at radius 3 is 2.67 bits per heavy atom. The number of hydrogen-bond acceptors (Lipinski definition) is 9. The average Bonchev–Trinajstić information content (AvgIpc) is 3.61. The number of ether oxygens (including phenoxy) is 1. The second kappa shape index (κ2) is 9.39. The minimum absolute atomic E-state index is 0.0163. The quantitative estimate of drug-likeness (QED) is 0.330. The van der Waals surface area contributed by atoms with Crippen molar-refractivity contribution in [2.75, 3.05) is 36.9 Å². The summed E-state index contributed by atoms with van der Waals surface area (Å²) in [5.74, 6) is -1.07. The molecule has 3 saturated heterocycles. The zero-order chi connectivity index (χ0) is 26.8. The number of nitrogens with two attached hydrogens (primary N) is 1. The number of nitrogens with zero attached hydrogens (tertiary/aromatic N) is 4. The van der Waals surface area contributed by atoms with Crippen LogP contribution in [0.5, 0.6) is 6.01 Å². The van der Waals surface area contributed by atoms with E-state index in [-0.39, 0.29) is 55.9 Å². The molecule has 0 radical (unpaired) electrons. The Kier molecular flexibility index (Phi) is 5.94. The van der Waals surface area contributed by atoms with Gasteiger partial charge in [-0.2, -0.15) is 9.97 Å². The molecule has 9 nitrogen and oxygen atoms in total. The molecule has 4 aromatic rings. The molecule has 5 heterocycles. The van der Waals surface area contributed by atoms with E-state index in [1.165, 1.54) is 12.1 Å². The van der Waals surface area contributed by atoms with Gasteiger partial charge in [0.1, 0.15) is 23.8 Å². The lowest BCUT2D eigenvalue weighted by Crippen LogP contribution is -2.51. The summed E-state index contributed by atoms with van der Waals surface area (Å²) in [6.07, 6.45) is 2.76. The number of carbonyl (C=O) groups is 1. The number of thiazole rings is 1. The summed E-state index contributed by atoms with van der Waals surface area (Å²) in [6, 6.07) is 4.94. The predicted octanol–water partition coefficient (Wildman–Crippen LogP) is 3.88. The van der Waals surface area contributed by atoms with E-state index >= 15 is 4.39 Å². The number of amides is 1. The normalized spacial score (nSPS) is 22.7. The number of aromatic nitrogens is 3. The first kappa shape index (κ1) is 24.7. The van der Waals surface area contributed by atoms with Crippen molar-refractivity contribution >= 4 is 60.9 Å². The first-order chi connectivity index (χ1) is 18.9. The van der Waals surface area contributed by atoms with Gasteiger partial charge < -0.3 is 26.0 Å². The van der Waals surface area contributed by atoms with Gasteiger partial charge in [0.15, 0.2) is 10.9 Å². The molecule has 2 bridgehead atoms. The Bertz CT molecular complexity index is 1640. The van der Waals surface area contributed by atoms with Crippen molar-refractivity contribution in [1.82, 2.24) is 25.6 Å². The van der Waals surface area contributed by atoms with Crippen LogP contribution in [0.3, 0.4) is 0 Å². The SMILES string of the molecule is Nc1nc2c(-c3c(Cl)cc4c(N5CC6CCC(C5)N6)nc(OCC5CCNC5=O)nc4c3F)ccc(F)c2s1. The molecule has 3 aliphatic heterocycles. The molecule has 3 unspecified atom stereocenters. The van der Waals surface area contributed by atoms with Crippen molar-refractivity contribution in [3.63, 3.8) is 0 Å². The molecule has 7 rings (SSSR count). The highest BCUT2D eigenvalue weighted by Gasteiger charge is 2.35. The molecule has 13 heteroatoms. The molecule has 1 amide bonds. The van der Waals surface area contributed by atoms with Gasteiger partial charge in [0.25, 0.3) is 0 Å². The summed E-state index contributed by atoms with van der Waals surface area (Å²) in [6.45, 7) is 2.07. The maximum atomic E-state index is 16.5. The highest BCUT2D eigenvalue weighted by molar-refractivity contribution is 7.22. The predicted molar refractivity (Wildman–Crippen MR) is 146 cm³/mol. The lowest BCUT2D eigenvalue weighted by Gasteiger charge is -2.34. The van der Waals surface area contributed by atoms with Crippen LogP contribution in [-0.2, 0) is 4.79 Å². The number of anilines is 2. The van der Waals surface area contributed by atoms with Crippen LogP contribution in [0.4, 0.5) is 19.7 Å². The van der Waals surface area contributed by atoms with E-state index in [1.54, 1.807) is 6.07 Å². The van der Waals surface area contributed by atoms with E-state index in [0.717, 1.165) is 24.2 Å². The van der Waals surface area contributed by atoms with E-state index in [1.807, 2.05) is 0 Å². The Morgan fingerprint density at radius 2 is 1.92 bits per heavy atom. The minimum atomic E-state index is -0.692. The zero-order valence-electron chi connectivity index (χ0n) is 20.6.